The molecule has 6 nitrogen and oxygen atoms in total. The van der Waals surface area contributed by atoms with Crippen LogP contribution in [0.15, 0.2) is 36.4 Å². The second-order valence-electron chi connectivity index (χ2n) is 5.73. The highest BCUT2D eigenvalue weighted by atomic mass is 19.2. The van der Waals surface area contributed by atoms with Crippen LogP contribution in [0.25, 0.3) is 0 Å². The maximum absolute atomic E-state index is 13.9. The zero-order valence-corrected chi connectivity index (χ0v) is 14.0. The van der Waals surface area contributed by atoms with Crippen LogP contribution in [0.1, 0.15) is 5.82 Å². The van der Waals surface area contributed by atoms with E-state index in [4.69, 9.17) is 9.47 Å². The molecule has 4 rings (SSSR count). The molecule has 0 atom stereocenters. The highest BCUT2D eigenvalue weighted by molar-refractivity contribution is 5.65. The van der Waals surface area contributed by atoms with E-state index in [-0.39, 0.29) is 18.3 Å². The van der Waals surface area contributed by atoms with Crippen LogP contribution in [0.4, 0.5) is 36.2 Å². The minimum Gasteiger partial charge on any atom is -0.454 e. The smallest absolute Gasteiger partial charge is 0.231 e. The Morgan fingerprint density at radius 3 is 2.41 bits per heavy atom. The van der Waals surface area contributed by atoms with Gasteiger partial charge in [0, 0.05) is 17.8 Å². The van der Waals surface area contributed by atoms with Gasteiger partial charge in [-0.2, -0.15) is 0 Å². The van der Waals surface area contributed by atoms with Crippen molar-refractivity contribution < 1.29 is 22.6 Å². The fourth-order valence-electron chi connectivity index (χ4n) is 2.58. The summed E-state index contributed by atoms with van der Waals surface area (Å²) in [5.41, 5.74) is 0.461. The van der Waals surface area contributed by atoms with E-state index in [0.717, 1.165) is 12.1 Å². The van der Waals surface area contributed by atoms with Crippen molar-refractivity contribution in [1.29, 1.82) is 0 Å². The zero-order valence-electron chi connectivity index (χ0n) is 14.0. The molecule has 0 radical (unpaired) electrons. The fraction of sp³-hybridized carbons (Fsp3) is 0.111. The number of hydrogen-bond donors (Lipinski definition) is 2. The normalized spacial score (nSPS) is 12.1. The van der Waals surface area contributed by atoms with Crippen LogP contribution in [0.2, 0.25) is 0 Å². The van der Waals surface area contributed by atoms with E-state index < -0.39 is 17.5 Å². The van der Waals surface area contributed by atoms with E-state index in [1.807, 2.05) is 0 Å². The predicted octanol–water partition coefficient (Wildman–Crippen LogP) is 4.42. The van der Waals surface area contributed by atoms with Crippen molar-refractivity contribution in [1.82, 2.24) is 9.97 Å². The summed E-state index contributed by atoms with van der Waals surface area (Å²) < 4.78 is 50.9. The van der Waals surface area contributed by atoms with Crippen LogP contribution in [0.5, 0.6) is 11.5 Å². The molecule has 0 bridgehead atoms. The van der Waals surface area contributed by atoms with Crippen molar-refractivity contribution in [3.05, 3.63) is 59.7 Å². The third kappa shape index (κ3) is 3.43. The van der Waals surface area contributed by atoms with E-state index in [1.165, 1.54) is 6.07 Å². The Morgan fingerprint density at radius 2 is 1.59 bits per heavy atom. The lowest BCUT2D eigenvalue weighted by Crippen LogP contribution is -2.04. The second-order valence-corrected chi connectivity index (χ2v) is 5.73. The Labute approximate surface area is 152 Å². The Hall–Kier alpha value is -3.49. The van der Waals surface area contributed by atoms with E-state index in [0.29, 0.717) is 28.8 Å². The summed E-state index contributed by atoms with van der Waals surface area (Å²) in [5.74, 6) is -1.85. The number of nitrogens with one attached hydrogen (secondary N) is 2. The summed E-state index contributed by atoms with van der Waals surface area (Å²) in [4.78, 5) is 8.39. The summed E-state index contributed by atoms with van der Waals surface area (Å²) in [6, 6.07) is 8.73. The Kier molecular flexibility index (Phi) is 4.19. The maximum atomic E-state index is 13.9. The van der Waals surface area contributed by atoms with Gasteiger partial charge in [-0.25, -0.2) is 23.1 Å². The van der Waals surface area contributed by atoms with Gasteiger partial charge >= 0.3 is 0 Å². The van der Waals surface area contributed by atoms with Crippen molar-refractivity contribution in [2.45, 2.75) is 6.92 Å². The van der Waals surface area contributed by atoms with Crippen molar-refractivity contribution in [2.75, 3.05) is 17.4 Å². The highest BCUT2D eigenvalue weighted by Gasteiger charge is 2.15. The van der Waals surface area contributed by atoms with E-state index >= 15 is 0 Å². The molecule has 0 amide bonds. The topological polar surface area (TPSA) is 68.3 Å². The lowest BCUT2D eigenvalue weighted by molar-refractivity contribution is 0.174. The van der Waals surface area contributed by atoms with Crippen molar-refractivity contribution in [2.24, 2.45) is 0 Å². The molecule has 9 heteroatoms. The molecule has 1 aliphatic heterocycles. The monoisotopic (exact) mass is 374 g/mol. The van der Waals surface area contributed by atoms with Crippen LogP contribution >= 0.6 is 0 Å². The number of aryl methyl sites for hydroxylation is 1. The lowest BCUT2D eigenvalue weighted by Gasteiger charge is -2.11. The molecular weight excluding hydrogens is 361 g/mol. The minimum absolute atomic E-state index is 0.166. The molecule has 0 spiro atoms. The number of halogens is 3. The van der Waals surface area contributed by atoms with Gasteiger partial charge in [0.2, 0.25) is 6.79 Å². The molecule has 2 heterocycles. The summed E-state index contributed by atoms with van der Waals surface area (Å²) in [7, 11) is 0. The SMILES string of the molecule is Cc1nc(Nc2ccc3c(c2)OCO3)cc(Nc2ccc(F)c(F)c2F)n1. The van der Waals surface area contributed by atoms with Gasteiger partial charge < -0.3 is 20.1 Å². The number of nitrogens with zero attached hydrogens (tertiary/aromatic N) is 2. The van der Waals surface area contributed by atoms with Gasteiger partial charge in [0.1, 0.15) is 17.5 Å². The molecule has 0 saturated heterocycles. The van der Waals surface area contributed by atoms with Crippen molar-refractivity contribution >= 4 is 23.0 Å². The zero-order chi connectivity index (χ0) is 19.0. The van der Waals surface area contributed by atoms with Crippen LogP contribution in [-0.4, -0.2) is 16.8 Å². The standard InChI is InChI=1S/C18H13F3N4O2/c1-9-22-15(24-10-2-5-13-14(6-10)27-8-26-13)7-16(23-9)25-12-4-3-11(19)17(20)18(12)21/h2-7H,8H2,1H3,(H2,22,23,24,25). The molecule has 1 aliphatic rings. The number of hydrogen-bond acceptors (Lipinski definition) is 6. The average molecular weight is 374 g/mol. The predicted molar refractivity (Wildman–Crippen MR) is 92.2 cm³/mol. The van der Waals surface area contributed by atoms with Gasteiger partial charge in [-0.1, -0.05) is 0 Å². The average Bonchev–Trinajstić information content (AvgIpc) is 3.09. The summed E-state index contributed by atoms with van der Waals surface area (Å²) in [5, 5.41) is 5.71. The maximum Gasteiger partial charge on any atom is 0.231 e. The van der Waals surface area contributed by atoms with Crippen LogP contribution in [0, 0.1) is 24.4 Å². The first-order valence-electron chi connectivity index (χ1n) is 7.92. The largest absolute Gasteiger partial charge is 0.454 e. The molecule has 3 aromatic rings. The van der Waals surface area contributed by atoms with Gasteiger partial charge in [-0.3, -0.25) is 0 Å². The molecule has 2 aromatic carbocycles. The summed E-state index contributed by atoms with van der Waals surface area (Å²) in [6.45, 7) is 1.82. The number of aromatic nitrogens is 2. The van der Waals surface area contributed by atoms with E-state index in [9.17, 15) is 13.2 Å². The summed E-state index contributed by atoms with van der Waals surface area (Å²) in [6.07, 6.45) is 0. The number of fused-ring (bicyclic) bond motifs is 1. The lowest BCUT2D eigenvalue weighted by atomic mass is 10.2. The molecule has 27 heavy (non-hydrogen) atoms. The van der Waals surface area contributed by atoms with Crippen LogP contribution < -0.4 is 20.1 Å². The molecule has 138 valence electrons. The fourth-order valence-corrected chi connectivity index (χ4v) is 2.58. The van der Waals surface area contributed by atoms with Gasteiger partial charge in [0.25, 0.3) is 0 Å². The molecule has 2 N–H and O–H groups in total. The highest BCUT2D eigenvalue weighted by Crippen LogP contribution is 2.35. The minimum atomic E-state index is -1.55. The Bertz CT molecular complexity index is 1030. The van der Waals surface area contributed by atoms with Crippen molar-refractivity contribution in [3.63, 3.8) is 0 Å². The molecule has 0 saturated carbocycles. The van der Waals surface area contributed by atoms with Gasteiger partial charge in [0.15, 0.2) is 29.0 Å². The summed E-state index contributed by atoms with van der Waals surface area (Å²) >= 11 is 0. The first-order valence-corrected chi connectivity index (χ1v) is 7.92. The van der Waals surface area contributed by atoms with Gasteiger partial charge in [-0.15, -0.1) is 0 Å². The molecule has 0 aliphatic carbocycles. The quantitative estimate of drug-likeness (QED) is 0.659. The Morgan fingerprint density at radius 1 is 0.852 bits per heavy atom. The number of benzene rings is 2. The third-order valence-corrected chi connectivity index (χ3v) is 3.78. The van der Waals surface area contributed by atoms with E-state index in [1.54, 1.807) is 25.1 Å². The number of anilines is 4. The first-order chi connectivity index (χ1) is 13.0. The molecular formula is C18H13F3N4O2. The van der Waals surface area contributed by atoms with Crippen LogP contribution in [0.3, 0.4) is 0 Å². The molecule has 0 fully saturated rings. The molecule has 1 aromatic heterocycles. The van der Waals surface area contributed by atoms with Gasteiger partial charge in [-0.05, 0) is 31.2 Å². The number of ether oxygens (including phenoxy) is 2. The van der Waals surface area contributed by atoms with Crippen molar-refractivity contribution in [3.8, 4) is 11.5 Å². The van der Waals surface area contributed by atoms with Crippen LogP contribution in [-0.2, 0) is 0 Å². The Balaban J connectivity index is 1.59. The third-order valence-electron chi connectivity index (χ3n) is 3.78. The number of rotatable bonds is 4. The van der Waals surface area contributed by atoms with Gasteiger partial charge in [0.05, 0.1) is 5.69 Å². The first kappa shape index (κ1) is 17.0. The van der Waals surface area contributed by atoms with E-state index in [2.05, 4.69) is 20.6 Å². The second kappa shape index (κ2) is 6.67. The molecule has 0 unspecified atom stereocenters.